The standard InChI is InChI=1S/C13H15N3O4S/c17-12(18)6-9-8-19-4-3-16(9)7-11-14-13(15-20-11)10-2-1-5-21-10/h1-2,5,9H,3-4,6-8H2,(H,17,18). The van der Waals surface area contributed by atoms with Crippen molar-refractivity contribution in [1.29, 1.82) is 0 Å². The van der Waals surface area contributed by atoms with Gasteiger partial charge in [-0.1, -0.05) is 11.2 Å². The van der Waals surface area contributed by atoms with E-state index >= 15 is 0 Å². The van der Waals surface area contributed by atoms with Crippen LogP contribution in [0.2, 0.25) is 0 Å². The zero-order chi connectivity index (χ0) is 14.7. The van der Waals surface area contributed by atoms with Gasteiger partial charge in [0.25, 0.3) is 0 Å². The molecule has 1 unspecified atom stereocenters. The largest absolute Gasteiger partial charge is 0.481 e. The smallest absolute Gasteiger partial charge is 0.305 e. The summed E-state index contributed by atoms with van der Waals surface area (Å²) >= 11 is 1.55. The van der Waals surface area contributed by atoms with E-state index in [1.165, 1.54) is 0 Å². The van der Waals surface area contributed by atoms with Crippen LogP contribution >= 0.6 is 11.3 Å². The summed E-state index contributed by atoms with van der Waals surface area (Å²) in [5.41, 5.74) is 0. The van der Waals surface area contributed by atoms with Crippen molar-refractivity contribution in [2.24, 2.45) is 0 Å². The summed E-state index contributed by atoms with van der Waals surface area (Å²) in [7, 11) is 0. The molecular weight excluding hydrogens is 294 g/mol. The molecule has 0 spiro atoms. The molecule has 0 aliphatic carbocycles. The lowest BCUT2D eigenvalue weighted by Crippen LogP contribution is -2.45. The quantitative estimate of drug-likeness (QED) is 0.894. The second kappa shape index (κ2) is 6.33. The van der Waals surface area contributed by atoms with Crippen LogP contribution in [0.25, 0.3) is 10.7 Å². The minimum absolute atomic E-state index is 0.0475. The maximum Gasteiger partial charge on any atom is 0.305 e. The molecule has 3 heterocycles. The van der Waals surface area contributed by atoms with Crippen LogP contribution in [0.5, 0.6) is 0 Å². The molecule has 2 aromatic rings. The van der Waals surface area contributed by atoms with Crippen LogP contribution in [-0.2, 0) is 16.1 Å². The number of rotatable bonds is 5. The van der Waals surface area contributed by atoms with E-state index in [0.717, 1.165) is 4.88 Å². The van der Waals surface area contributed by atoms with Crippen LogP contribution in [-0.4, -0.2) is 51.9 Å². The van der Waals surface area contributed by atoms with E-state index in [2.05, 4.69) is 10.1 Å². The van der Waals surface area contributed by atoms with Crippen LogP contribution in [0.3, 0.4) is 0 Å². The number of hydrogen-bond donors (Lipinski definition) is 1. The van der Waals surface area contributed by atoms with E-state index < -0.39 is 5.97 Å². The van der Waals surface area contributed by atoms with Gasteiger partial charge in [0.2, 0.25) is 11.7 Å². The molecule has 3 rings (SSSR count). The van der Waals surface area contributed by atoms with Crippen molar-refractivity contribution in [1.82, 2.24) is 15.0 Å². The molecule has 8 heteroatoms. The lowest BCUT2D eigenvalue weighted by molar-refractivity contribution is -0.140. The minimum Gasteiger partial charge on any atom is -0.481 e. The molecule has 1 aliphatic rings. The summed E-state index contributed by atoms with van der Waals surface area (Å²) in [6, 6.07) is 3.70. The van der Waals surface area contributed by atoms with Crippen LogP contribution < -0.4 is 0 Å². The third-order valence-electron chi connectivity index (χ3n) is 3.31. The second-order valence-electron chi connectivity index (χ2n) is 4.79. The summed E-state index contributed by atoms with van der Waals surface area (Å²) in [5, 5.41) is 14.9. The molecule has 1 aliphatic heterocycles. The van der Waals surface area contributed by atoms with Gasteiger partial charge in [0.15, 0.2) is 0 Å². The highest BCUT2D eigenvalue weighted by Gasteiger charge is 2.27. The van der Waals surface area contributed by atoms with Gasteiger partial charge in [0.1, 0.15) is 0 Å². The predicted octanol–water partition coefficient (Wildman–Crippen LogP) is 1.47. The van der Waals surface area contributed by atoms with Crippen LogP contribution in [0.1, 0.15) is 12.3 Å². The average molecular weight is 309 g/mol. The Morgan fingerprint density at radius 3 is 3.24 bits per heavy atom. The Morgan fingerprint density at radius 1 is 1.57 bits per heavy atom. The Bertz CT molecular complexity index is 598. The lowest BCUT2D eigenvalue weighted by Gasteiger charge is -2.33. The summed E-state index contributed by atoms with van der Waals surface area (Å²) in [6.07, 6.45) is 0.0475. The van der Waals surface area contributed by atoms with E-state index in [4.69, 9.17) is 14.4 Å². The van der Waals surface area contributed by atoms with Crippen molar-refractivity contribution >= 4 is 17.3 Å². The maximum atomic E-state index is 10.9. The Kier molecular flexibility index (Phi) is 4.28. The lowest BCUT2D eigenvalue weighted by atomic mass is 10.1. The zero-order valence-electron chi connectivity index (χ0n) is 11.3. The molecule has 2 aromatic heterocycles. The van der Waals surface area contributed by atoms with Crippen molar-refractivity contribution in [2.45, 2.75) is 19.0 Å². The van der Waals surface area contributed by atoms with E-state index in [1.807, 2.05) is 22.4 Å². The van der Waals surface area contributed by atoms with Gasteiger partial charge in [-0.3, -0.25) is 9.69 Å². The molecular formula is C13H15N3O4S. The molecule has 1 atom stereocenters. The first-order chi connectivity index (χ1) is 10.2. The van der Waals surface area contributed by atoms with Crippen molar-refractivity contribution < 1.29 is 19.2 Å². The molecule has 0 amide bonds. The normalized spacial score (nSPS) is 19.7. The predicted molar refractivity (Wildman–Crippen MR) is 74.9 cm³/mol. The Balaban J connectivity index is 1.68. The number of ether oxygens (including phenoxy) is 1. The highest BCUT2D eigenvalue weighted by atomic mass is 32.1. The van der Waals surface area contributed by atoms with Gasteiger partial charge in [-0.05, 0) is 11.4 Å². The van der Waals surface area contributed by atoms with Gasteiger partial charge in [-0.25, -0.2) is 0 Å². The number of nitrogens with zero attached hydrogens (tertiary/aromatic N) is 3. The third-order valence-corrected chi connectivity index (χ3v) is 4.17. The summed E-state index contributed by atoms with van der Waals surface area (Å²) in [4.78, 5) is 18.2. The highest BCUT2D eigenvalue weighted by Crippen LogP contribution is 2.22. The van der Waals surface area contributed by atoms with Gasteiger partial charge in [-0.15, -0.1) is 11.3 Å². The Labute approximate surface area is 125 Å². The monoisotopic (exact) mass is 309 g/mol. The van der Waals surface area contributed by atoms with Gasteiger partial charge in [-0.2, -0.15) is 4.98 Å². The van der Waals surface area contributed by atoms with Crippen molar-refractivity contribution in [3.05, 3.63) is 23.4 Å². The first kappa shape index (κ1) is 14.2. The van der Waals surface area contributed by atoms with E-state index in [-0.39, 0.29) is 12.5 Å². The fourth-order valence-electron chi connectivity index (χ4n) is 2.29. The number of hydrogen-bond acceptors (Lipinski definition) is 7. The van der Waals surface area contributed by atoms with Crippen molar-refractivity contribution in [2.75, 3.05) is 19.8 Å². The summed E-state index contributed by atoms with van der Waals surface area (Å²) in [6.45, 7) is 2.11. The number of carboxylic acids is 1. The first-order valence-corrected chi connectivity index (χ1v) is 7.50. The van der Waals surface area contributed by atoms with Crippen LogP contribution in [0.4, 0.5) is 0 Å². The van der Waals surface area contributed by atoms with Crippen LogP contribution in [0.15, 0.2) is 22.0 Å². The number of aromatic nitrogens is 2. The SMILES string of the molecule is O=C(O)CC1COCCN1Cc1nc(-c2cccs2)no1. The Hall–Kier alpha value is -1.77. The molecule has 0 saturated carbocycles. The van der Waals surface area contributed by atoms with Crippen molar-refractivity contribution in [3.8, 4) is 10.7 Å². The molecule has 1 N–H and O–H groups in total. The van der Waals surface area contributed by atoms with E-state index in [1.54, 1.807) is 11.3 Å². The van der Waals surface area contributed by atoms with Crippen LogP contribution in [0, 0.1) is 0 Å². The van der Waals surface area contributed by atoms with E-state index in [9.17, 15) is 4.79 Å². The number of morpholine rings is 1. The number of thiophene rings is 1. The number of aliphatic carboxylic acids is 1. The fraction of sp³-hybridized carbons (Fsp3) is 0.462. The molecule has 21 heavy (non-hydrogen) atoms. The maximum absolute atomic E-state index is 10.9. The number of carbonyl (C=O) groups is 1. The first-order valence-electron chi connectivity index (χ1n) is 6.62. The summed E-state index contributed by atoms with van der Waals surface area (Å²) < 4.78 is 10.6. The minimum atomic E-state index is -0.833. The van der Waals surface area contributed by atoms with Gasteiger partial charge < -0.3 is 14.4 Å². The molecule has 7 nitrogen and oxygen atoms in total. The topological polar surface area (TPSA) is 88.7 Å². The molecule has 112 valence electrons. The Morgan fingerprint density at radius 2 is 2.48 bits per heavy atom. The molecule has 0 bridgehead atoms. The molecule has 1 saturated heterocycles. The summed E-state index contributed by atoms with van der Waals surface area (Å²) in [5.74, 6) is 0.235. The zero-order valence-corrected chi connectivity index (χ0v) is 12.1. The second-order valence-corrected chi connectivity index (χ2v) is 5.73. The number of carboxylic acid groups (broad SMARTS) is 1. The molecule has 0 radical (unpaired) electrons. The van der Waals surface area contributed by atoms with Crippen molar-refractivity contribution in [3.63, 3.8) is 0 Å². The molecule has 0 aromatic carbocycles. The van der Waals surface area contributed by atoms with Gasteiger partial charge >= 0.3 is 5.97 Å². The van der Waals surface area contributed by atoms with Gasteiger partial charge in [0.05, 0.1) is 31.1 Å². The fourth-order valence-corrected chi connectivity index (χ4v) is 2.93. The average Bonchev–Trinajstić information content (AvgIpc) is 3.11. The third kappa shape index (κ3) is 3.46. The molecule has 1 fully saturated rings. The van der Waals surface area contributed by atoms with Gasteiger partial charge in [0, 0.05) is 12.6 Å². The van der Waals surface area contributed by atoms with E-state index in [0.29, 0.717) is 38.0 Å². The highest BCUT2D eigenvalue weighted by molar-refractivity contribution is 7.13.